The van der Waals surface area contributed by atoms with Gasteiger partial charge in [-0.15, -0.1) is 0 Å². The number of carbonyl (C=O) groups excluding carboxylic acids is 2. The van der Waals surface area contributed by atoms with Gasteiger partial charge >= 0.3 is 11.9 Å². The molecule has 0 saturated carbocycles. The molecule has 0 heterocycles. The van der Waals surface area contributed by atoms with E-state index in [9.17, 15) is 19.0 Å². The van der Waals surface area contributed by atoms with Crippen molar-refractivity contribution in [1.29, 1.82) is 0 Å². The lowest BCUT2D eigenvalue weighted by atomic mass is 10.0. The number of carbonyl (C=O) groups is 2. The van der Waals surface area contributed by atoms with Crippen molar-refractivity contribution in [2.75, 3.05) is 47.5 Å². The Morgan fingerprint density at radius 2 is 0.600 bits per heavy atom. The van der Waals surface area contributed by atoms with Crippen LogP contribution in [0.25, 0.3) is 0 Å². The van der Waals surface area contributed by atoms with Crippen molar-refractivity contribution in [3.8, 4) is 0 Å². The Balaban J connectivity index is 3.89. The summed E-state index contributed by atoms with van der Waals surface area (Å²) < 4.78 is 34.4. The van der Waals surface area contributed by atoms with Gasteiger partial charge in [-0.3, -0.25) is 14.2 Å². The molecule has 0 aliphatic rings. The summed E-state index contributed by atoms with van der Waals surface area (Å²) in [7, 11) is 1.19. The summed E-state index contributed by atoms with van der Waals surface area (Å²) in [4.78, 5) is 38.1. The second-order valence-electron chi connectivity index (χ2n) is 28.4. The Hall–Kier alpha value is -1.77. The molecular weight excluding hydrogens is 1130 g/mol. The lowest BCUT2D eigenvalue weighted by Gasteiger charge is -2.28. The van der Waals surface area contributed by atoms with Crippen LogP contribution in [0.15, 0.2) is 36.5 Å². The summed E-state index contributed by atoms with van der Waals surface area (Å²) >= 11 is 0. The number of rotatable bonds is 75. The topological polar surface area (TPSA) is 111 Å². The van der Waals surface area contributed by atoms with Crippen LogP contribution >= 0.6 is 7.82 Å². The third-order valence-electron chi connectivity index (χ3n) is 18.1. The normalized spacial score (nSPS) is 13.2. The number of hydrogen-bond donors (Lipinski definition) is 0. The molecule has 0 aromatic heterocycles. The molecule has 2 atom stereocenters. The number of quaternary nitrogens is 1. The van der Waals surface area contributed by atoms with E-state index in [1.807, 2.05) is 21.1 Å². The minimum atomic E-state index is -4.64. The molecule has 0 saturated heterocycles. The summed E-state index contributed by atoms with van der Waals surface area (Å²) in [5.74, 6) is -0.808. The van der Waals surface area contributed by atoms with Gasteiger partial charge in [0.05, 0.1) is 27.7 Å². The van der Waals surface area contributed by atoms with E-state index in [4.69, 9.17) is 18.5 Å². The van der Waals surface area contributed by atoms with Gasteiger partial charge in [0.2, 0.25) is 0 Å². The van der Waals surface area contributed by atoms with Crippen LogP contribution < -0.4 is 4.89 Å². The van der Waals surface area contributed by atoms with Crippen LogP contribution in [-0.4, -0.2) is 70.0 Å². The third kappa shape index (κ3) is 75.3. The van der Waals surface area contributed by atoms with Crippen molar-refractivity contribution in [2.24, 2.45) is 0 Å². The van der Waals surface area contributed by atoms with Gasteiger partial charge in [-0.1, -0.05) is 365 Å². The number of phosphoric acid groups is 1. The molecule has 0 aromatic rings. The van der Waals surface area contributed by atoms with Crippen molar-refractivity contribution in [3.63, 3.8) is 0 Å². The number of phosphoric ester groups is 1. The highest BCUT2D eigenvalue weighted by atomic mass is 31.2. The zero-order valence-corrected chi connectivity index (χ0v) is 61.8. The van der Waals surface area contributed by atoms with E-state index < -0.39 is 26.5 Å². The van der Waals surface area contributed by atoms with Gasteiger partial charge in [0.15, 0.2) is 6.10 Å². The van der Waals surface area contributed by atoms with Crippen LogP contribution in [0.4, 0.5) is 0 Å². The molecule has 9 nitrogen and oxygen atoms in total. The zero-order valence-electron chi connectivity index (χ0n) is 60.9. The van der Waals surface area contributed by atoms with Crippen molar-refractivity contribution in [2.45, 2.75) is 418 Å². The van der Waals surface area contributed by atoms with Gasteiger partial charge in [0.1, 0.15) is 19.8 Å². The first-order chi connectivity index (χ1) is 44.0. The average Bonchev–Trinajstić information content (AvgIpc) is 3.58. The maximum absolute atomic E-state index is 12.9. The van der Waals surface area contributed by atoms with E-state index in [0.717, 1.165) is 38.5 Å². The first-order valence-corrected chi connectivity index (χ1v) is 41.2. The smallest absolute Gasteiger partial charge is 0.306 e. The highest BCUT2D eigenvalue weighted by Gasteiger charge is 2.22. The Morgan fingerprint density at radius 3 is 0.889 bits per heavy atom. The first-order valence-electron chi connectivity index (χ1n) is 39.7. The number of allylic oxidation sites excluding steroid dienone is 6. The van der Waals surface area contributed by atoms with E-state index in [1.165, 1.54) is 340 Å². The minimum absolute atomic E-state index is 0.0272. The molecule has 0 rings (SSSR count). The highest BCUT2D eigenvalue weighted by molar-refractivity contribution is 7.45. The van der Waals surface area contributed by atoms with E-state index >= 15 is 0 Å². The fraction of sp³-hybridized carbons (Fsp3) is 0.900. The molecule has 0 bridgehead atoms. The molecule has 2 unspecified atom stereocenters. The maximum atomic E-state index is 12.9. The zero-order chi connectivity index (χ0) is 65.5. The summed E-state index contributed by atoms with van der Waals surface area (Å²) in [6, 6.07) is 0. The molecule has 0 aliphatic heterocycles. The van der Waals surface area contributed by atoms with Crippen LogP contribution in [0, 0.1) is 0 Å². The molecule has 10 heteroatoms. The Labute approximate surface area is 561 Å². The Bertz CT molecular complexity index is 1610. The quantitative estimate of drug-likeness (QED) is 0.0195. The summed E-state index contributed by atoms with van der Waals surface area (Å²) in [6.07, 6.45) is 92.7. The molecular formula is C80H154NO8P. The molecule has 0 fully saturated rings. The summed E-state index contributed by atoms with van der Waals surface area (Å²) in [6.45, 7) is 4.31. The van der Waals surface area contributed by atoms with Crippen molar-refractivity contribution < 1.29 is 42.1 Å². The number of likely N-dealkylation sites (N-methyl/N-ethyl adjacent to an activating group) is 1. The molecule has 0 N–H and O–H groups in total. The lowest BCUT2D eigenvalue weighted by Crippen LogP contribution is -2.37. The number of unbranched alkanes of at least 4 members (excludes halogenated alkanes) is 55. The third-order valence-corrected chi connectivity index (χ3v) is 19.1. The lowest BCUT2D eigenvalue weighted by molar-refractivity contribution is -0.870. The van der Waals surface area contributed by atoms with Crippen molar-refractivity contribution in [1.82, 2.24) is 0 Å². The fourth-order valence-electron chi connectivity index (χ4n) is 12.0. The average molecular weight is 1290 g/mol. The van der Waals surface area contributed by atoms with Crippen LogP contribution in [0.3, 0.4) is 0 Å². The fourth-order valence-corrected chi connectivity index (χ4v) is 12.8. The molecule has 90 heavy (non-hydrogen) atoms. The highest BCUT2D eigenvalue weighted by Crippen LogP contribution is 2.38. The van der Waals surface area contributed by atoms with Gasteiger partial charge in [0.25, 0.3) is 7.82 Å². The van der Waals surface area contributed by atoms with Gasteiger partial charge in [-0.05, 0) is 70.6 Å². The standard InChI is InChI=1S/C80H154NO8P/c1-6-8-10-12-14-16-18-20-22-24-26-28-30-32-34-35-36-37-38-39-40-41-42-43-44-45-47-49-51-53-55-57-59-61-63-65-67-69-71-73-80(83)89-78(77-88-90(84,85)87-75-74-81(3,4)5)76-86-79(82)72-70-68-66-64-62-60-58-56-54-52-50-48-46-33-31-29-27-25-23-21-19-17-15-13-11-9-7-2/h18,20,24-27,78H,6-17,19,21-23,28-77H2,1-5H3/b20-18-,26-24-,27-25-. The predicted octanol–water partition coefficient (Wildman–Crippen LogP) is 25.5. The largest absolute Gasteiger partial charge is 0.756 e. The summed E-state index contributed by atoms with van der Waals surface area (Å²) in [5, 5.41) is 0. The van der Waals surface area contributed by atoms with Crippen LogP contribution in [0.2, 0.25) is 0 Å². The number of nitrogens with zero attached hydrogens (tertiary/aromatic N) is 1. The molecule has 0 spiro atoms. The molecule has 0 aromatic carbocycles. The second kappa shape index (κ2) is 71.5. The predicted molar refractivity (Wildman–Crippen MR) is 388 cm³/mol. The molecule has 0 aliphatic carbocycles. The number of hydrogen-bond acceptors (Lipinski definition) is 8. The van der Waals surface area contributed by atoms with Crippen LogP contribution in [-0.2, 0) is 32.7 Å². The Morgan fingerprint density at radius 1 is 0.344 bits per heavy atom. The SMILES string of the molecule is CCCCCCC/C=C\C/C=C\CCCCCCCCCCCCCCCCCCCCCCCCCCCCCC(=O)OC(COC(=O)CCCCCCCCCCCCCCCCC/C=C\CCCCCCCCCC)COP(=O)([O-])OCC[N+](C)(C)C. The maximum Gasteiger partial charge on any atom is 0.306 e. The molecule has 532 valence electrons. The van der Waals surface area contributed by atoms with Crippen molar-refractivity contribution >= 4 is 19.8 Å². The number of esters is 2. The van der Waals surface area contributed by atoms with Crippen LogP contribution in [0.1, 0.15) is 412 Å². The minimum Gasteiger partial charge on any atom is -0.756 e. The van der Waals surface area contributed by atoms with E-state index in [1.54, 1.807) is 0 Å². The second-order valence-corrected chi connectivity index (χ2v) is 29.8. The summed E-state index contributed by atoms with van der Waals surface area (Å²) in [5.41, 5.74) is 0. The van der Waals surface area contributed by atoms with E-state index in [2.05, 4.69) is 50.3 Å². The Kier molecular flexibility index (Phi) is 70.1. The first kappa shape index (κ1) is 88.2. The molecule has 0 radical (unpaired) electrons. The van der Waals surface area contributed by atoms with Crippen molar-refractivity contribution in [3.05, 3.63) is 36.5 Å². The molecule has 0 amide bonds. The van der Waals surface area contributed by atoms with Gasteiger partial charge in [-0.25, -0.2) is 0 Å². The monoisotopic (exact) mass is 1290 g/mol. The van der Waals surface area contributed by atoms with Crippen LogP contribution in [0.5, 0.6) is 0 Å². The van der Waals surface area contributed by atoms with Gasteiger partial charge in [-0.2, -0.15) is 0 Å². The van der Waals surface area contributed by atoms with Gasteiger partial charge < -0.3 is 27.9 Å². The van der Waals surface area contributed by atoms with E-state index in [-0.39, 0.29) is 32.0 Å². The van der Waals surface area contributed by atoms with Gasteiger partial charge in [0, 0.05) is 12.8 Å². The number of ether oxygens (including phenoxy) is 2. The van der Waals surface area contributed by atoms with E-state index in [0.29, 0.717) is 17.4 Å².